The fourth-order valence-corrected chi connectivity index (χ4v) is 4.01. The second kappa shape index (κ2) is 4.38. The molecule has 4 atom stereocenters. The van der Waals surface area contributed by atoms with Gasteiger partial charge in [0.1, 0.15) is 0 Å². The van der Waals surface area contributed by atoms with Crippen molar-refractivity contribution in [3.05, 3.63) is 0 Å². The average molecular weight is 224 g/mol. The van der Waals surface area contributed by atoms with Crippen LogP contribution in [0.25, 0.3) is 0 Å². The molecule has 1 N–H and O–H groups in total. The van der Waals surface area contributed by atoms with Gasteiger partial charge in [-0.15, -0.1) is 0 Å². The molecule has 0 amide bonds. The van der Waals surface area contributed by atoms with Gasteiger partial charge >= 0.3 is 5.97 Å². The predicted molar refractivity (Wildman–Crippen MR) is 64.2 cm³/mol. The molecule has 0 radical (unpaired) electrons. The van der Waals surface area contributed by atoms with Gasteiger partial charge in [0.2, 0.25) is 0 Å². The zero-order chi connectivity index (χ0) is 11.8. The summed E-state index contributed by atoms with van der Waals surface area (Å²) in [6.07, 6.45) is 7.75. The van der Waals surface area contributed by atoms with Crippen molar-refractivity contribution in [1.29, 1.82) is 0 Å². The highest BCUT2D eigenvalue weighted by Gasteiger charge is 2.50. The summed E-state index contributed by atoms with van der Waals surface area (Å²) in [5.74, 6) is 1.26. The van der Waals surface area contributed by atoms with Crippen LogP contribution in [0.3, 0.4) is 0 Å². The SMILES string of the molecule is CC1CCCC(C2(C(=O)O)CCC(C)C2)C1. The Morgan fingerprint density at radius 2 is 1.94 bits per heavy atom. The molecule has 0 saturated heterocycles. The van der Waals surface area contributed by atoms with E-state index in [4.69, 9.17) is 0 Å². The summed E-state index contributed by atoms with van der Waals surface area (Å²) in [7, 11) is 0. The van der Waals surface area contributed by atoms with Crippen molar-refractivity contribution < 1.29 is 9.90 Å². The quantitative estimate of drug-likeness (QED) is 0.776. The number of carbonyl (C=O) groups is 1. The normalized spacial score (nSPS) is 44.5. The minimum Gasteiger partial charge on any atom is -0.481 e. The maximum Gasteiger partial charge on any atom is 0.309 e. The highest BCUT2D eigenvalue weighted by Crippen LogP contribution is 2.52. The zero-order valence-electron chi connectivity index (χ0n) is 10.5. The topological polar surface area (TPSA) is 37.3 Å². The lowest BCUT2D eigenvalue weighted by molar-refractivity contribution is -0.153. The van der Waals surface area contributed by atoms with Gasteiger partial charge in [-0.2, -0.15) is 0 Å². The van der Waals surface area contributed by atoms with Gasteiger partial charge in [-0.1, -0.05) is 26.7 Å². The van der Waals surface area contributed by atoms with Crippen LogP contribution in [0.5, 0.6) is 0 Å². The molecule has 0 bridgehead atoms. The van der Waals surface area contributed by atoms with Gasteiger partial charge in [0.05, 0.1) is 5.41 Å². The van der Waals surface area contributed by atoms with Crippen molar-refractivity contribution in [2.24, 2.45) is 23.2 Å². The Kier molecular flexibility index (Phi) is 3.27. The van der Waals surface area contributed by atoms with Gasteiger partial charge in [-0.25, -0.2) is 0 Å². The molecule has 0 aromatic carbocycles. The van der Waals surface area contributed by atoms with Crippen molar-refractivity contribution in [3.63, 3.8) is 0 Å². The molecule has 0 aromatic rings. The van der Waals surface area contributed by atoms with Crippen LogP contribution in [-0.2, 0) is 4.79 Å². The van der Waals surface area contributed by atoms with E-state index >= 15 is 0 Å². The van der Waals surface area contributed by atoms with Crippen molar-refractivity contribution in [1.82, 2.24) is 0 Å². The van der Waals surface area contributed by atoms with E-state index in [1.54, 1.807) is 0 Å². The second-order valence-corrected chi connectivity index (χ2v) is 6.28. The Bertz CT molecular complexity index is 274. The first-order valence-corrected chi connectivity index (χ1v) is 6.78. The van der Waals surface area contributed by atoms with E-state index in [0.717, 1.165) is 38.0 Å². The van der Waals surface area contributed by atoms with Gasteiger partial charge < -0.3 is 5.11 Å². The molecule has 2 saturated carbocycles. The summed E-state index contributed by atoms with van der Waals surface area (Å²) in [6.45, 7) is 4.48. The summed E-state index contributed by atoms with van der Waals surface area (Å²) < 4.78 is 0. The van der Waals surface area contributed by atoms with Gasteiger partial charge in [-0.3, -0.25) is 4.79 Å². The summed E-state index contributed by atoms with van der Waals surface area (Å²) in [5, 5.41) is 9.62. The maximum atomic E-state index is 11.7. The fraction of sp³-hybridized carbons (Fsp3) is 0.929. The molecular weight excluding hydrogens is 200 g/mol. The number of hydrogen-bond donors (Lipinski definition) is 1. The molecule has 0 spiro atoms. The molecular formula is C14H24O2. The predicted octanol–water partition coefficient (Wildman–Crippen LogP) is 3.70. The lowest BCUT2D eigenvalue weighted by atomic mass is 9.65. The number of hydrogen-bond acceptors (Lipinski definition) is 1. The van der Waals surface area contributed by atoms with Crippen LogP contribution in [0.2, 0.25) is 0 Å². The van der Waals surface area contributed by atoms with E-state index in [-0.39, 0.29) is 5.41 Å². The molecule has 2 rings (SSSR count). The van der Waals surface area contributed by atoms with E-state index in [1.165, 1.54) is 12.8 Å². The fourth-order valence-electron chi connectivity index (χ4n) is 4.01. The average Bonchev–Trinajstić information content (AvgIpc) is 2.62. The number of carboxylic acid groups (broad SMARTS) is 1. The van der Waals surface area contributed by atoms with Crippen molar-refractivity contribution in [2.45, 2.75) is 58.8 Å². The van der Waals surface area contributed by atoms with Gasteiger partial charge in [0.15, 0.2) is 0 Å². The van der Waals surface area contributed by atoms with E-state index < -0.39 is 5.97 Å². The second-order valence-electron chi connectivity index (χ2n) is 6.28. The third-order valence-corrected chi connectivity index (χ3v) is 4.94. The molecule has 2 aliphatic rings. The Morgan fingerprint density at radius 1 is 1.19 bits per heavy atom. The van der Waals surface area contributed by atoms with Gasteiger partial charge in [0, 0.05) is 0 Å². The van der Waals surface area contributed by atoms with Crippen molar-refractivity contribution >= 4 is 5.97 Å². The van der Waals surface area contributed by atoms with E-state index in [2.05, 4.69) is 13.8 Å². The first kappa shape index (κ1) is 11.9. The van der Waals surface area contributed by atoms with Gasteiger partial charge in [0.25, 0.3) is 0 Å². The van der Waals surface area contributed by atoms with Crippen LogP contribution in [0, 0.1) is 23.2 Å². The summed E-state index contributed by atoms with van der Waals surface area (Å²) >= 11 is 0. The molecule has 2 nitrogen and oxygen atoms in total. The van der Waals surface area contributed by atoms with E-state index in [0.29, 0.717) is 11.8 Å². The highest BCUT2D eigenvalue weighted by atomic mass is 16.4. The Hall–Kier alpha value is -0.530. The standard InChI is InChI=1S/C14H24O2/c1-10-4-3-5-12(8-10)14(13(15)16)7-6-11(2)9-14/h10-12H,3-9H2,1-2H3,(H,15,16). The molecule has 0 aromatic heterocycles. The van der Waals surface area contributed by atoms with Crippen LogP contribution in [0.4, 0.5) is 0 Å². The number of carboxylic acids is 1. The van der Waals surface area contributed by atoms with Crippen LogP contribution in [-0.4, -0.2) is 11.1 Å². The van der Waals surface area contributed by atoms with Crippen LogP contribution >= 0.6 is 0 Å². The molecule has 92 valence electrons. The van der Waals surface area contributed by atoms with Gasteiger partial charge in [-0.05, 0) is 49.9 Å². The molecule has 0 aliphatic heterocycles. The molecule has 2 aliphatic carbocycles. The Balaban J connectivity index is 2.16. The number of rotatable bonds is 2. The Labute approximate surface area is 98.4 Å². The molecule has 2 heteroatoms. The van der Waals surface area contributed by atoms with Crippen LogP contribution in [0.1, 0.15) is 58.8 Å². The molecule has 16 heavy (non-hydrogen) atoms. The molecule has 0 heterocycles. The minimum absolute atomic E-state index is 0.367. The monoisotopic (exact) mass is 224 g/mol. The van der Waals surface area contributed by atoms with E-state index in [1.807, 2.05) is 0 Å². The summed E-state index contributed by atoms with van der Waals surface area (Å²) in [5.41, 5.74) is -0.367. The zero-order valence-corrected chi connectivity index (χ0v) is 10.5. The van der Waals surface area contributed by atoms with Crippen molar-refractivity contribution in [3.8, 4) is 0 Å². The lowest BCUT2D eigenvalue weighted by Crippen LogP contribution is -2.38. The first-order valence-electron chi connectivity index (χ1n) is 6.78. The maximum absolute atomic E-state index is 11.7. The lowest BCUT2D eigenvalue weighted by Gasteiger charge is -2.38. The highest BCUT2D eigenvalue weighted by molar-refractivity contribution is 5.75. The molecule has 4 unspecified atom stereocenters. The van der Waals surface area contributed by atoms with Crippen LogP contribution in [0.15, 0.2) is 0 Å². The largest absolute Gasteiger partial charge is 0.481 e. The number of aliphatic carboxylic acids is 1. The summed E-state index contributed by atoms with van der Waals surface area (Å²) in [4.78, 5) is 11.7. The first-order chi connectivity index (χ1) is 7.54. The Morgan fingerprint density at radius 3 is 2.44 bits per heavy atom. The summed E-state index contributed by atoms with van der Waals surface area (Å²) in [6, 6.07) is 0. The van der Waals surface area contributed by atoms with E-state index in [9.17, 15) is 9.90 Å². The van der Waals surface area contributed by atoms with Crippen molar-refractivity contribution in [2.75, 3.05) is 0 Å². The molecule has 2 fully saturated rings. The van der Waals surface area contributed by atoms with Crippen LogP contribution < -0.4 is 0 Å². The minimum atomic E-state index is -0.518. The third-order valence-electron chi connectivity index (χ3n) is 4.94. The smallest absolute Gasteiger partial charge is 0.309 e. The third kappa shape index (κ3) is 1.99.